The summed E-state index contributed by atoms with van der Waals surface area (Å²) in [6.45, 7) is 1.61. The van der Waals surface area contributed by atoms with Gasteiger partial charge in [0.1, 0.15) is 0 Å². The average Bonchev–Trinajstić information content (AvgIpc) is 2.65. The Labute approximate surface area is 91.7 Å². The number of ether oxygens (including phenoxy) is 1. The van der Waals surface area contributed by atoms with E-state index in [1.54, 1.807) is 17.2 Å². The van der Waals surface area contributed by atoms with E-state index >= 15 is 0 Å². The Balaban J connectivity index is 2.65. The highest BCUT2D eigenvalue weighted by Crippen LogP contribution is 2.22. The zero-order chi connectivity index (χ0) is 11.4. The molecule has 1 aromatic heterocycles. The Bertz CT molecular complexity index is 373. The normalized spacial score (nSPS) is 9.80. The van der Waals surface area contributed by atoms with Crippen LogP contribution in [0.25, 0.3) is 0 Å². The van der Waals surface area contributed by atoms with Crippen LogP contribution in [-0.4, -0.2) is 30.8 Å². The molecule has 0 bridgehead atoms. The fraction of sp³-hybridized carbons (Fsp3) is 0.444. The fourth-order valence-electron chi connectivity index (χ4n) is 0.799. The number of nitrogens with zero attached hydrogens (tertiary/aromatic N) is 2. The lowest BCUT2D eigenvalue weighted by Gasteiger charge is -2.05. The van der Waals surface area contributed by atoms with Crippen LogP contribution < -0.4 is 9.64 Å². The molecule has 15 heavy (non-hydrogen) atoms. The van der Waals surface area contributed by atoms with Crippen LogP contribution in [0.2, 0.25) is 0 Å². The van der Waals surface area contributed by atoms with Crippen LogP contribution in [-0.2, 0) is 9.59 Å². The molecule has 0 spiro atoms. The van der Waals surface area contributed by atoms with E-state index in [1.807, 2.05) is 14.1 Å². The van der Waals surface area contributed by atoms with Crippen LogP contribution in [0.1, 0.15) is 13.3 Å². The van der Waals surface area contributed by atoms with E-state index in [-0.39, 0.29) is 12.3 Å². The summed E-state index contributed by atoms with van der Waals surface area (Å²) in [6.07, 6.45) is 0.142. The molecule has 0 radical (unpaired) electrons. The van der Waals surface area contributed by atoms with Gasteiger partial charge in [-0.15, -0.1) is 11.3 Å². The molecule has 5 nitrogen and oxygen atoms in total. The molecule has 82 valence electrons. The largest absolute Gasteiger partial charge is 0.401 e. The topological polar surface area (TPSA) is 59.5 Å². The third-order valence-electron chi connectivity index (χ3n) is 1.60. The molecule has 1 aromatic rings. The number of esters is 1. The molecule has 0 saturated heterocycles. The van der Waals surface area contributed by atoms with E-state index in [0.717, 1.165) is 5.13 Å². The Morgan fingerprint density at radius 2 is 2.20 bits per heavy atom. The van der Waals surface area contributed by atoms with Crippen LogP contribution in [0.5, 0.6) is 5.88 Å². The van der Waals surface area contributed by atoms with Gasteiger partial charge in [-0.05, 0) is 0 Å². The minimum Gasteiger partial charge on any atom is -0.401 e. The van der Waals surface area contributed by atoms with Gasteiger partial charge in [0.2, 0.25) is 11.7 Å². The summed E-state index contributed by atoms with van der Waals surface area (Å²) in [6, 6.07) is 0. The zero-order valence-corrected chi connectivity index (χ0v) is 9.63. The third kappa shape index (κ3) is 3.02. The van der Waals surface area contributed by atoms with Crippen LogP contribution in [0.4, 0.5) is 5.13 Å². The molecule has 1 rings (SSSR count). The highest BCUT2D eigenvalue weighted by Gasteiger charge is 2.15. The Hall–Kier alpha value is -1.43. The van der Waals surface area contributed by atoms with Gasteiger partial charge in [0.15, 0.2) is 5.13 Å². The molecular formula is C9H12N2O3S. The minimum atomic E-state index is -0.854. The second-order valence-electron chi connectivity index (χ2n) is 3.03. The van der Waals surface area contributed by atoms with Crippen LogP contribution in [0.3, 0.4) is 0 Å². The zero-order valence-electron chi connectivity index (χ0n) is 8.81. The Kier molecular flexibility index (Phi) is 3.79. The van der Waals surface area contributed by atoms with Crippen molar-refractivity contribution in [1.82, 2.24) is 4.98 Å². The predicted molar refractivity (Wildman–Crippen MR) is 57.4 cm³/mol. The maximum Gasteiger partial charge on any atom is 0.381 e. The molecule has 0 aliphatic carbocycles. The number of rotatable bonds is 4. The first-order chi connectivity index (χ1) is 7.04. The summed E-state index contributed by atoms with van der Waals surface area (Å²) in [5, 5.41) is 2.32. The summed E-state index contributed by atoms with van der Waals surface area (Å²) in [5.74, 6) is -1.22. The second-order valence-corrected chi connectivity index (χ2v) is 3.87. The predicted octanol–water partition coefficient (Wildman–Crippen LogP) is 1.09. The van der Waals surface area contributed by atoms with Crippen LogP contribution >= 0.6 is 11.3 Å². The molecule has 1 heterocycles. The van der Waals surface area contributed by atoms with Crippen LogP contribution in [0, 0.1) is 0 Å². The summed E-state index contributed by atoms with van der Waals surface area (Å²) in [7, 11) is 3.67. The Morgan fingerprint density at radius 3 is 2.67 bits per heavy atom. The van der Waals surface area contributed by atoms with Gasteiger partial charge in [-0.1, -0.05) is 6.92 Å². The minimum absolute atomic E-state index is 0.142. The Morgan fingerprint density at radius 1 is 1.53 bits per heavy atom. The molecule has 0 aliphatic heterocycles. The second kappa shape index (κ2) is 4.88. The van der Waals surface area contributed by atoms with Gasteiger partial charge in [0.05, 0.1) is 5.38 Å². The number of hydrogen-bond acceptors (Lipinski definition) is 6. The van der Waals surface area contributed by atoms with E-state index in [4.69, 9.17) is 4.74 Å². The van der Waals surface area contributed by atoms with Crippen molar-refractivity contribution < 1.29 is 14.3 Å². The van der Waals surface area contributed by atoms with Crippen LogP contribution in [0.15, 0.2) is 5.38 Å². The summed E-state index contributed by atoms with van der Waals surface area (Å²) in [4.78, 5) is 27.9. The highest BCUT2D eigenvalue weighted by molar-refractivity contribution is 7.13. The lowest BCUT2D eigenvalue weighted by molar-refractivity contribution is -0.147. The van der Waals surface area contributed by atoms with E-state index in [9.17, 15) is 9.59 Å². The number of ketones is 1. The summed E-state index contributed by atoms with van der Waals surface area (Å²) < 4.78 is 4.78. The molecule has 0 aliphatic rings. The fourth-order valence-corrected chi connectivity index (χ4v) is 1.46. The molecule has 0 amide bonds. The van der Waals surface area contributed by atoms with Gasteiger partial charge in [-0.2, -0.15) is 4.98 Å². The van der Waals surface area contributed by atoms with Gasteiger partial charge in [-0.3, -0.25) is 4.79 Å². The molecular weight excluding hydrogens is 216 g/mol. The summed E-state index contributed by atoms with van der Waals surface area (Å²) in [5.41, 5.74) is 0. The van der Waals surface area contributed by atoms with Crippen molar-refractivity contribution in [3.63, 3.8) is 0 Å². The number of Topliss-reactive ketones (excluding diaryl/α,β-unsaturated/α-hetero) is 1. The number of carbonyl (C=O) groups is 2. The van der Waals surface area contributed by atoms with E-state index in [2.05, 4.69) is 4.98 Å². The van der Waals surface area contributed by atoms with Crippen molar-refractivity contribution in [1.29, 1.82) is 0 Å². The van der Waals surface area contributed by atoms with Crippen molar-refractivity contribution >= 4 is 28.2 Å². The third-order valence-corrected chi connectivity index (χ3v) is 2.59. The number of aromatic nitrogens is 1. The SMILES string of the molecule is CCC(=O)C(=O)Oc1csc(N(C)C)n1. The molecule has 0 atom stereocenters. The number of thiazole rings is 1. The van der Waals surface area contributed by atoms with E-state index < -0.39 is 11.8 Å². The molecule has 0 aromatic carbocycles. The lowest BCUT2D eigenvalue weighted by Crippen LogP contribution is -2.19. The van der Waals surface area contributed by atoms with Crippen molar-refractivity contribution in [2.45, 2.75) is 13.3 Å². The van der Waals surface area contributed by atoms with Crippen molar-refractivity contribution in [3.8, 4) is 5.88 Å². The summed E-state index contributed by atoms with van der Waals surface area (Å²) >= 11 is 1.35. The van der Waals surface area contributed by atoms with E-state index in [0.29, 0.717) is 0 Å². The number of hydrogen-bond donors (Lipinski definition) is 0. The first kappa shape index (κ1) is 11.6. The molecule has 0 unspecified atom stereocenters. The maximum atomic E-state index is 11.1. The van der Waals surface area contributed by atoms with Crippen molar-refractivity contribution in [2.24, 2.45) is 0 Å². The van der Waals surface area contributed by atoms with Gasteiger partial charge >= 0.3 is 5.97 Å². The average molecular weight is 228 g/mol. The molecule has 6 heteroatoms. The molecule has 0 N–H and O–H groups in total. The quantitative estimate of drug-likeness (QED) is 0.570. The monoisotopic (exact) mass is 228 g/mol. The smallest absolute Gasteiger partial charge is 0.381 e. The number of anilines is 1. The highest BCUT2D eigenvalue weighted by atomic mass is 32.1. The van der Waals surface area contributed by atoms with Gasteiger partial charge in [0.25, 0.3) is 0 Å². The standard InChI is InChI=1S/C9H12N2O3S/c1-4-6(12)8(13)14-7-5-15-9(10-7)11(2)3/h5H,4H2,1-3H3. The first-order valence-corrected chi connectivity index (χ1v) is 5.30. The first-order valence-electron chi connectivity index (χ1n) is 4.42. The molecule has 0 fully saturated rings. The lowest BCUT2D eigenvalue weighted by atomic mass is 10.3. The van der Waals surface area contributed by atoms with Gasteiger partial charge in [-0.25, -0.2) is 4.79 Å². The number of carbonyl (C=O) groups excluding carboxylic acids is 2. The van der Waals surface area contributed by atoms with Gasteiger partial charge in [0, 0.05) is 20.5 Å². The molecule has 0 saturated carbocycles. The van der Waals surface area contributed by atoms with E-state index in [1.165, 1.54) is 11.3 Å². The van der Waals surface area contributed by atoms with Crippen molar-refractivity contribution in [2.75, 3.05) is 19.0 Å². The van der Waals surface area contributed by atoms with Crippen molar-refractivity contribution in [3.05, 3.63) is 5.38 Å². The van der Waals surface area contributed by atoms with Gasteiger partial charge < -0.3 is 9.64 Å². The maximum absolute atomic E-state index is 11.1.